The first-order chi connectivity index (χ1) is 68.4. The molecule has 5 aliphatic heterocycles. The van der Waals surface area contributed by atoms with Crippen molar-refractivity contribution in [2.45, 2.75) is 237 Å². The molecule has 0 aliphatic carbocycles. The molecule has 0 fully saturated rings. The second kappa shape index (κ2) is 68.4. The zero-order valence-electron chi connectivity index (χ0n) is 85.6. The number of hydrogen-bond acceptors (Lipinski definition) is 20. The summed E-state index contributed by atoms with van der Waals surface area (Å²) >= 11 is 0. The quantitative estimate of drug-likeness (QED) is 0.0477. The minimum Gasteiger partial charge on any atom is -0.489 e. The van der Waals surface area contributed by atoms with Gasteiger partial charge in [-0.25, -0.2) is 15.0 Å². The van der Waals surface area contributed by atoms with Crippen LogP contribution in [0.1, 0.15) is 223 Å². The van der Waals surface area contributed by atoms with E-state index < -0.39 is 0 Å². The van der Waals surface area contributed by atoms with Gasteiger partial charge >= 0.3 is 0 Å². The van der Waals surface area contributed by atoms with Crippen LogP contribution in [0.25, 0.3) is 56.3 Å². The average molecular weight is 1860 g/mol. The molecule has 0 atom stereocenters. The van der Waals surface area contributed by atoms with Gasteiger partial charge in [-0.1, -0.05) is 290 Å². The van der Waals surface area contributed by atoms with Crippen molar-refractivity contribution < 1.29 is 23.7 Å². The average Bonchev–Trinajstić information content (AvgIpc) is 1.80. The highest BCUT2D eigenvalue weighted by atomic mass is 16.5. The highest BCUT2D eigenvalue weighted by molar-refractivity contribution is 5.64. The smallest absolute Gasteiger partial charge is 0.119 e. The molecule has 10 aromatic carbocycles. The van der Waals surface area contributed by atoms with Gasteiger partial charge in [0.15, 0.2) is 0 Å². The monoisotopic (exact) mass is 1860 g/mol. The van der Waals surface area contributed by atoms with Gasteiger partial charge in [0.2, 0.25) is 0 Å². The maximum absolute atomic E-state index is 5.83. The van der Waals surface area contributed by atoms with E-state index in [4.69, 9.17) is 33.7 Å². The number of aromatic nitrogens is 10. The Morgan fingerprint density at radius 1 is 0.203 bits per heavy atom. The maximum Gasteiger partial charge on any atom is 0.119 e. The highest BCUT2D eigenvalue weighted by Crippen LogP contribution is 2.30. The zero-order chi connectivity index (χ0) is 99.5. The van der Waals surface area contributed by atoms with Crippen LogP contribution in [0.5, 0.6) is 28.7 Å². The molecule has 5 aliphatic rings. The summed E-state index contributed by atoms with van der Waals surface area (Å²) in [6, 6.07) is 95.2. The van der Waals surface area contributed by atoms with Crippen molar-refractivity contribution in [2.75, 3.05) is 19.6 Å². The van der Waals surface area contributed by atoms with Crippen molar-refractivity contribution in [3.8, 4) is 85.0 Å². The van der Waals surface area contributed by atoms with Gasteiger partial charge in [-0.05, 0) is 185 Å². The first-order valence-corrected chi connectivity index (χ1v) is 50.1. The molecule has 0 saturated heterocycles. The molecule has 20 heteroatoms. The Morgan fingerprint density at radius 2 is 0.435 bits per heavy atom. The Bertz CT molecular complexity index is 5220. The fourth-order valence-electron chi connectivity index (χ4n) is 13.8. The van der Waals surface area contributed by atoms with Gasteiger partial charge in [-0.15, -0.1) is 0 Å². The third-order valence-corrected chi connectivity index (χ3v) is 20.4. The van der Waals surface area contributed by atoms with Crippen LogP contribution in [0.4, 0.5) is 0 Å². The van der Waals surface area contributed by atoms with Crippen molar-refractivity contribution in [2.24, 2.45) is 0 Å². The molecule has 0 saturated carbocycles. The number of benzene rings is 10. The predicted molar refractivity (Wildman–Crippen MR) is 572 cm³/mol. The molecule has 138 heavy (non-hydrogen) atoms. The Labute approximate surface area is 825 Å². The van der Waals surface area contributed by atoms with E-state index in [2.05, 4.69) is 140 Å². The summed E-state index contributed by atoms with van der Waals surface area (Å²) in [4.78, 5) is 27.8. The van der Waals surface area contributed by atoms with Crippen LogP contribution >= 0.6 is 0 Å². The molecule has 10 heterocycles. The van der Waals surface area contributed by atoms with Gasteiger partial charge in [0.1, 0.15) is 61.8 Å². The summed E-state index contributed by atoms with van der Waals surface area (Å²) in [5, 5.41) is 33.8. The molecule has 0 spiro atoms. The van der Waals surface area contributed by atoms with Gasteiger partial charge in [0.25, 0.3) is 0 Å². The maximum atomic E-state index is 5.83. The number of fused-ring (bicyclic) bond motifs is 5. The minimum atomic E-state index is 0.574. The van der Waals surface area contributed by atoms with Gasteiger partial charge in [0, 0.05) is 99.6 Å². The second-order valence-corrected chi connectivity index (χ2v) is 28.8. The Hall–Kier alpha value is -13.6. The number of nitrogens with one attached hydrogen (secondary N) is 5. The van der Waals surface area contributed by atoms with Gasteiger partial charge < -0.3 is 50.3 Å². The third kappa shape index (κ3) is 37.5. The molecule has 5 N–H and O–H groups in total. The van der Waals surface area contributed by atoms with E-state index in [1.807, 2.05) is 369 Å². The molecule has 0 bridgehead atoms. The number of hydrogen-bond donors (Lipinski definition) is 5. The normalized spacial score (nSPS) is 11.7. The molecule has 728 valence electrons. The molecular weight excluding hydrogens is 1710 g/mol. The lowest BCUT2D eigenvalue weighted by molar-refractivity contribution is 0.306. The highest BCUT2D eigenvalue weighted by Gasteiger charge is 2.19. The van der Waals surface area contributed by atoms with E-state index in [0.29, 0.717) is 33.0 Å². The summed E-state index contributed by atoms with van der Waals surface area (Å²) in [6.07, 6.45) is 8.46. The molecule has 0 radical (unpaired) electrons. The summed E-state index contributed by atoms with van der Waals surface area (Å²) < 4.78 is 29.1. The first kappa shape index (κ1) is 113. The van der Waals surface area contributed by atoms with Crippen molar-refractivity contribution >= 4 is 0 Å². The van der Waals surface area contributed by atoms with E-state index in [1.54, 1.807) is 0 Å². The van der Waals surface area contributed by atoms with Crippen LogP contribution in [-0.4, -0.2) is 69.9 Å². The molecule has 20 rings (SSSR count). The summed E-state index contributed by atoms with van der Waals surface area (Å²) in [6.45, 7) is 51.6. The van der Waals surface area contributed by atoms with E-state index in [-0.39, 0.29) is 0 Å². The number of nitrogens with zero attached hydrogens (tertiary/aromatic N) is 10. The molecule has 20 nitrogen and oxygen atoms in total. The summed E-state index contributed by atoms with van der Waals surface area (Å²) in [5.74, 6) is 4.28. The lowest BCUT2D eigenvalue weighted by Crippen LogP contribution is -2.25. The van der Waals surface area contributed by atoms with Crippen LogP contribution in [0.3, 0.4) is 0 Å². The lowest BCUT2D eigenvalue weighted by atomic mass is 10.0. The summed E-state index contributed by atoms with van der Waals surface area (Å²) in [7, 11) is 0. The molecule has 15 aromatic rings. The Balaban J connectivity index is 0.000000253. The fraction of sp³-hybridized carbons (Fsp3) is 0.322. The van der Waals surface area contributed by atoms with Gasteiger partial charge in [-0.2, -0.15) is 20.4 Å². The minimum absolute atomic E-state index is 0.574. The van der Waals surface area contributed by atoms with E-state index in [0.717, 1.165) is 243 Å². The number of ether oxygens (including phenoxy) is 5. The van der Waals surface area contributed by atoms with E-state index in [9.17, 15) is 0 Å². The van der Waals surface area contributed by atoms with Crippen molar-refractivity contribution in [3.05, 3.63) is 388 Å². The molecular formula is C118H151N15O5. The molecule has 0 unspecified atom stereocenters. The molecule has 5 aromatic heterocycles. The second-order valence-electron chi connectivity index (χ2n) is 28.8. The van der Waals surface area contributed by atoms with Crippen molar-refractivity contribution in [1.82, 2.24) is 76.9 Å². The van der Waals surface area contributed by atoms with Crippen LogP contribution in [0.15, 0.2) is 304 Å². The van der Waals surface area contributed by atoms with Crippen LogP contribution in [0.2, 0.25) is 0 Å². The standard InChI is InChI=1S/3C20H19N3O.2C19H17N3O.10C2H6/c1-2-4-15(5-3-1)14-24-18-8-6-16(7-9-18)19-12-17-10-11-21-13-20(17)23-22-19;1-2-4-15(5-3-1)14-24-17-8-6-16(7-9-17)19-13-22-20-12-21-11-10-18(20)23-19;1-2-4-15(5-3-1)14-24-17-8-6-16(7-9-17)19-13-22-18-10-11-21-12-20(18)23-19;1-2-4-14(5-3-1)13-23-17-8-6-15(7-9-17)18-10-16-11-20-12-19(16)22-21-18;1-2-4-14(5-3-1)13-23-16-8-6-15(7-9-16)17-12-21-18-10-20-11-19(18)22-17;10*1-2/h1-9,12,21H,10-11,13-14H2;2*1-9,13,21H,10-12,14H2;1-10,20H,11-13H2;1-9,12,20H,10-11,13H2;10*1-2H3. The van der Waals surface area contributed by atoms with Gasteiger partial charge in [0.05, 0.1) is 92.6 Å². The van der Waals surface area contributed by atoms with Crippen LogP contribution in [-0.2, 0) is 98.1 Å². The SMILES string of the molecule is CC.CC.CC.CC.CC.CC.CC.CC.CC.CC.c1ccc(COc2ccc(-c3cc4c(nn3)CNC4)cc2)cc1.c1ccc(COc2ccc(-c3cc4c(nn3)CNCC4)cc2)cc1.c1ccc(COc2ccc(-c3cnc4c(n3)CCNC4)cc2)cc1.c1ccc(COc2ccc(-c3cnc4c(n3)CNC4)cc2)cc1.c1ccc(COc2ccc(-c3cnc4c(n3)CNCC4)cc2)cc1. The predicted octanol–water partition coefficient (Wildman–Crippen LogP) is 27.0. The third-order valence-electron chi connectivity index (χ3n) is 20.4. The first-order valence-electron chi connectivity index (χ1n) is 50.1. The van der Waals surface area contributed by atoms with E-state index in [1.165, 1.54) is 11.1 Å². The lowest BCUT2D eigenvalue weighted by Gasteiger charge is -2.15. The zero-order valence-corrected chi connectivity index (χ0v) is 85.6. The Kier molecular flexibility index (Phi) is 56.1. The largest absolute Gasteiger partial charge is 0.489 e. The van der Waals surface area contributed by atoms with Crippen molar-refractivity contribution in [3.63, 3.8) is 0 Å². The van der Waals surface area contributed by atoms with E-state index >= 15 is 0 Å². The van der Waals surface area contributed by atoms with Crippen molar-refractivity contribution in [1.29, 1.82) is 0 Å². The molecule has 0 amide bonds. The van der Waals surface area contributed by atoms with Crippen LogP contribution < -0.4 is 50.3 Å². The van der Waals surface area contributed by atoms with Crippen LogP contribution in [0, 0.1) is 0 Å². The summed E-state index contributed by atoms with van der Waals surface area (Å²) in [5.41, 5.74) is 26.8. The topological polar surface area (TPSA) is 235 Å². The fourth-order valence-corrected chi connectivity index (χ4v) is 13.8. The van der Waals surface area contributed by atoms with Gasteiger partial charge in [-0.3, -0.25) is 15.0 Å². The Morgan fingerprint density at radius 3 is 0.775 bits per heavy atom. The number of rotatable bonds is 20.